The molecule has 0 aliphatic carbocycles. The van der Waals surface area contributed by atoms with E-state index in [1.54, 1.807) is 6.07 Å². The molecule has 1 saturated heterocycles. The maximum Gasteiger partial charge on any atom is 0.338 e. The molecule has 3 rings (SSSR count). The van der Waals surface area contributed by atoms with E-state index in [0.29, 0.717) is 5.69 Å². The first-order chi connectivity index (χ1) is 11.9. The van der Waals surface area contributed by atoms with Crippen LogP contribution < -0.4 is 4.90 Å². The average Bonchev–Trinajstić information content (AvgIpc) is 2.82. The first-order valence-electron chi connectivity index (χ1n) is 7.36. The molecule has 2 amide bonds. The molecular weight excluding hydrogens is 455 g/mol. The summed E-state index contributed by atoms with van der Waals surface area (Å²) in [5.41, 5.74) is 1.43. The van der Waals surface area contributed by atoms with E-state index in [1.165, 1.54) is 23.2 Å². The van der Waals surface area contributed by atoms with Crippen LogP contribution in [0.1, 0.15) is 22.3 Å². The summed E-state index contributed by atoms with van der Waals surface area (Å²) in [6.07, 6.45) is 1.49. The lowest BCUT2D eigenvalue weighted by Gasteiger charge is -2.17. The van der Waals surface area contributed by atoms with Crippen molar-refractivity contribution in [1.29, 1.82) is 0 Å². The molecule has 6 nitrogen and oxygen atoms in total. The number of thioether (sulfide) groups is 1. The summed E-state index contributed by atoms with van der Waals surface area (Å²) in [7, 11) is 0. The van der Waals surface area contributed by atoms with Crippen LogP contribution in [0.4, 0.5) is 5.69 Å². The molecule has 128 valence electrons. The van der Waals surface area contributed by atoms with Crippen molar-refractivity contribution in [2.24, 2.45) is 0 Å². The monoisotopic (exact) mass is 468 g/mol. The Morgan fingerprint density at radius 1 is 1.36 bits per heavy atom. The van der Waals surface area contributed by atoms with Crippen molar-refractivity contribution in [3.63, 3.8) is 0 Å². The second-order valence-corrected chi connectivity index (χ2v) is 7.91. The van der Waals surface area contributed by atoms with Gasteiger partial charge in [0.05, 0.1) is 16.5 Å². The van der Waals surface area contributed by atoms with Gasteiger partial charge in [0.25, 0.3) is 0 Å². The number of rotatable bonds is 4. The number of carboxylic acid groups (broad SMARTS) is 1. The highest BCUT2D eigenvalue weighted by Crippen LogP contribution is 2.35. The van der Waals surface area contributed by atoms with E-state index in [2.05, 4.69) is 27.6 Å². The highest BCUT2D eigenvalue weighted by atomic mass is 127. The van der Waals surface area contributed by atoms with Crippen molar-refractivity contribution in [3.05, 3.63) is 51.2 Å². The maximum atomic E-state index is 12.7. The average molecular weight is 468 g/mol. The minimum absolute atomic E-state index is 0.0184. The van der Waals surface area contributed by atoms with Crippen molar-refractivity contribution in [3.8, 4) is 0 Å². The molecule has 0 spiro atoms. The third kappa shape index (κ3) is 3.54. The van der Waals surface area contributed by atoms with Gasteiger partial charge < -0.3 is 5.11 Å². The van der Waals surface area contributed by atoms with E-state index in [0.717, 1.165) is 20.9 Å². The Hall–Kier alpha value is -1.94. The van der Waals surface area contributed by atoms with Crippen molar-refractivity contribution < 1.29 is 19.5 Å². The Balaban J connectivity index is 1.88. The van der Waals surface area contributed by atoms with Crippen LogP contribution in [0.5, 0.6) is 0 Å². The number of aromatic nitrogens is 1. The van der Waals surface area contributed by atoms with Crippen LogP contribution in [-0.4, -0.2) is 33.1 Å². The fourth-order valence-corrected chi connectivity index (χ4v) is 4.35. The summed E-state index contributed by atoms with van der Waals surface area (Å²) in [5, 5.41) is 8.79. The quantitative estimate of drug-likeness (QED) is 0.548. The summed E-state index contributed by atoms with van der Waals surface area (Å²) < 4.78 is 1.02. The van der Waals surface area contributed by atoms with Crippen molar-refractivity contribution in [2.45, 2.75) is 23.6 Å². The fourth-order valence-electron chi connectivity index (χ4n) is 2.60. The van der Waals surface area contributed by atoms with Crippen molar-refractivity contribution in [2.75, 3.05) is 4.90 Å². The first kappa shape index (κ1) is 17.9. The number of benzene rings is 1. The Labute approximate surface area is 161 Å². The molecule has 2 heterocycles. The molecule has 1 N–H and O–H groups in total. The third-order valence-corrected chi connectivity index (χ3v) is 5.63. The molecule has 1 aromatic carbocycles. The van der Waals surface area contributed by atoms with Gasteiger partial charge in [0.1, 0.15) is 5.03 Å². The summed E-state index contributed by atoms with van der Waals surface area (Å²) in [6, 6.07) is 8.45. The lowest BCUT2D eigenvalue weighted by atomic mass is 10.2. The number of hydrogen-bond acceptors (Lipinski definition) is 5. The number of nitrogens with zero attached hydrogens (tertiary/aromatic N) is 2. The lowest BCUT2D eigenvalue weighted by Crippen LogP contribution is -2.31. The maximum absolute atomic E-state index is 12.7. The normalized spacial score (nSPS) is 17.2. The van der Waals surface area contributed by atoms with Crippen LogP contribution >= 0.6 is 34.4 Å². The number of carbonyl (C=O) groups excluding carboxylic acids is 2. The zero-order valence-electron chi connectivity index (χ0n) is 13.1. The second kappa shape index (κ2) is 7.12. The van der Waals surface area contributed by atoms with Gasteiger partial charge in [0, 0.05) is 16.2 Å². The second-order valence-electron chi connectivity index (χ2n) is 5.47. The third-order valence-electron chi connectivity index (χ3n) is 3.76. The topological polar surface area (TPSA) is 87.6 Å². The molecule has 1 atom stereocenters. The molecule has 1 fully saturated rings. The van der Waals surface area contributed by atoms with Crippen LogP contribution in [-0.2, 0) is 9.59 Å². The van der Waals surface area contributed by atoms with Crippen LogP contribution in [0, 0.1) is 10.5 Å². The van der Waals surface area contributed by atoms with Crippen LogP contribution in [0.25, 0.3) is 0 Å². The van der Waals surface area contributed by atoms with E-state index >= 15 is 0 Å². The van der Waals surface area contributed by atoms with Crippen molar-refractivity contribution in [1.82, 2.24) is 4.98 Å². The van der Waals surface area contributed by atoms with Gasteiger partial charge in [0.2, 0.25) is 11.8 Å². The van der Waals surface area contributed by atoms with Crippen LogP contribution in [0.2, 0.25) is 0 Å². The Bertz CT molecular complexity index is 887. The molecule has 0 radical (unpaired) electrons. The summed E-state index contributed by atoms with van der Waals surface area (Å²) in [6.45, 7) is 1.85. The molecule has 0 bridgehead atoms. The number of anilines is 1. The largest absolute Gasteiger partial charge is 0.478 e. The number of carbonyl (C=O) groups is 3. The Morgan fingerprint density at radius 3 is 2.80 bits per heavy atom. The van der Waals surface area contributed by atoms with Gasteiger partial charge in [0.15, 0.2) is 0 Å². The van der Waals surface area contributed by atoms with Crippen molar-refractivity contribution >= 4 is 57.8 Å². The van der Waals surface area contributed by atoms with Gasteiger partial charge >= 0.3 is 5.97 Å². The number of hydrogen-bond donors (Lipinski definition) is 1. The number of halogens is 1. The molecule has 0 unspecified atom stereocenters. The number of carboxylic acids is 1. The predicted molar refractivity (Wildman–Crippen MR) is 102 cm³/mol. The van der Waals surface area contributed by atoms with Gasteiger partial charge in [-0.25, -0.2) is 14.7 Å². The zero-order chi connectivity index (χ0) is 18.1. The number of pyridine rings is 1. The fraction of sp³-hybridized carbons (Fsp3) is 0.176. The smallest absolute Gasteiger partial charge is 0.338 e. The van der Waals surface area contributed by atoms with Gasteiger partial charge in [-0.15, -0.1) is 0 Å². The molecule has 8 heteroatoms. The Kier molecular flexibility index (Phi) is 5.09. The van der Waals surface area contributed by atoms with Gasteiger partial charge in [-0.2, -0.15) is 0 Å². The summed E-state index contributed by atoms with van der Waals surface area (Å²) in [4.78, 5) is 41.7. The lowest BCUT2D eigenvalue weighted by molar-refractivity contribution is -0.121. The first-order valence-corrected chi connectivity index (χ1v) is 9.32. The van der Waals surface area contributed by atoms with Crippen LogP contribution in [0.3, 0.4) is 0 Å². The number of aromatic carboxylic acids is 1. The SMILES string of the molecule is Cc1cc(I)ccc1N1C(=O)C[C@@H](Sc2ncccc2C(=O)O)C1=O. The van der Waals surface area contributed by atoms with E-state index in [1.807, 2.05) is 19.1 Å². The van der Waals surface area contributed by atoms with E-state index < -0.39 is 11.2 Å². The van der Waals surface area contributed by atoms with Gasteiger partial charge in [-0.1, -0.05) is 11.8 Å². The summed E-state index contributed by atoms with van der Waals surface area (Å²) in [5.74, 6) is -1.75. The summed E-state index contributed by atoms with van der Waals surface area (Å²) >= 11 is 3.19. The molecule has 1 aliphatic heterocycles. The van der Waals surface area contributed by atoms with Crippen LogP contribution in [0.15, 0.2) is 41.6 Å². The number of amides is 2. The molecule has 0 saturated carbocycles. The van der Waals surface area contributed by atoms with Gasteiger partial charge in [-0.3, -0.25) is 9.59 Å². The highest BCUT2D eigenvalue weighted by Gasteiger charge is 2.41. The van der Waals surface area contributed by atoms with E-state index in [4.69, 9.17) is 0 Å². The van der Waals surface area contributed by atoms with Gasteiger partial charge in [-0.05, 0) is 65.4 Å². The highest BCUT2D eigenvalue weighted by molar-refractivity contribution is 14.1. The van der Waals surface area contributed by atoms with E-state index in [-0.39, 0.29) is 28.8 Å². The molecule has 1 aromatic heterocycles. The molecule has 25 heavy (non-hydrogen) atoms. The predicted octanol–water partition coefficient (Wildman–Crippen LogP) is 3.12. The van der Waals surface area contributed by atoms with E-state index in [9.17, 15) is 19.5 Å². The minimum atomic E-state index is -1.11. The molecular formula is C17H13IN2O4S. The number of imide groups is 1. The Morgan fingerprint density at radius 2 is 2.12 bits per heavy atom. The molecule has 1 aliphatic rings. The number of aryl methyl sites for hydroxylation is 1. The zero-order valence-corrected chi connectivity index (χ0v) is 16.1. The minimum Gasteiger partial charge on any atom is -0.478 e. The standard InChI is InChI=1S/C17H13IN2O4S/c1-9-7-10(18)4-5-12(9)20-14(21)8-13(16(20)22)25-15-11(17(23)24)3-2-6-19-15/h2-7,13H,8H2,1H3,(H,23,24)/t13-/m1/s1. The molecule has 2 aromatic rings.